The molecule has 0 unspecified atom stereocenters. The molecule has 1 aliphatic carbocycles. The molecule has 0 bridgehead atoms. The van der Waals surface area contributed by atoms with Crippen molar-refractivity contribution in [3.63, 3.8) is 0 Å². The molecule has 2 fully saturated rings. The van der Waals surface area contributed by atoms with Crippen LogP contribution in [0.3, 0.4) is 0 Å². The van der Waals surface area contributed by atoms with Crippen molar-refractivity contribution >= 4 is 11.6 Å². The van der Waals surface area contributed by atoms with Crippen molar-refractivity contribution in [2.45, 2.75) is 51.0 Å². The smallest absolute Gasteiger partial charge is 0.245 e. The van der Waals surface area contributed by atoms with Crippen molar-refractivity contribution in [1.82, 2.24) is 10.2 Å². The highest BCUT2D eigenvalue weighted by Gasteiger charge is 2.41. The molecule has 1 saturated heterocycles. The van der Waals surface area contributed by atoms with Crippen molar-refractivity contribution in [2.75, 3.05) is 32.0 Å². The summed E-state index contributed by atoms with van der Waals surface area (Å²) in [5, 5.41) is 6.81. The zero-order valence-corrected chi connectivity index (χ0v) is 15.1. The molecule has 0 radical (unpaired) electrons. The zero-order chi connectivity index (χ0) is 17.0. The van der Waals surface area contributed by atoms with Gasteiger partial charge in [-0.1, -0.05) is 30.5 Å². The summed E-state index contributed by atoms with van der Waals surface area (Å²) >= 11 is 0. The predicted octanol–water partition coefficient (Wildman–Crippen LogP) is 3.18. The Morgan fingerprint density at radius 2 is 1.92 bits per heavy atom. The average Bonchev–Trinajstić information content (AvgIpc) is 3.05. The van der Waals surface area contributed by atoms with Crippen LogP contribution < -0.4 is 10.6 Å². The Morgan fingerprint density at radius 3 is 2.58 bits per heavy atom. The number of hydrogen-bond acceptors (Lipinski definition) is 3. The van der Waals surface area contributed by atoms with E-state index >= 15 is 0 Å². The molecule has 24 heavy (non-hydrogen) atoms. The van der Waals surface area contributed by atoms with Gasteiger partial charge < -0.3 is 15.5 Å². The molecule has 4 nitrogen and oxygen atoms in total. The van der Waals surface area contributed by atoms with Gasteiger partial charge in [-0.3, -0.25) is 4.79 Å². The Kier molecular flexibility index (Phi) is 5.44. The van der Waals surface area contributed by atoms with Gasteiger partial charge in [0.15, 0.2) is 0 Å². The lowest BCUT2D eigenvalue weighted by molar-refractivity contribution is -0.125. The van der Waals surface area contributed by atoms with E-state index < -0.39 is 5.54 Å². The fraction of sp³-hybridized carbons (Fsp3) is 0.650. The Labute approximate surface area is 146 Å². The second-order valence-corrected chi connectivity index (χ2v) is 7.76. The molecule has 0 spiro atoms. The monoisotopic (exact) mass is 329 g/mol. The van der Waals surface area contributed by atoms with E-state index in [2.05, 4.69) is 53.8 Å². The number of amides is 1. The fourth-order valence-electron chi connectivity index (χ4n) is 4.15. The topological polar surface area (TPSA) is 44.4 Å². The van der Waals surface area contributed by atoms with Gasteiger partial charge in [0.25, 0.3) is 0 Å². The van der Waals surface area contributed by atoms with E-state index in [4.69, 9.17) is 0 Å². The van der Waals surface area contributed by atoms with Crippen molar-refractivity contribution in [2.24, 2.45) is 5.92 Å². The second-order valence-electron chi connectivity index (χ2n) is 7.76. The molecular weight excluding hydrogens is 298 g/mol. The number of piperidine rings is 1. The Morgan fingerprint density at radius 1 is 1.21 bits per heavy atom. The number of nitrogens with zero attached hydrogens (tertiary/aromatic N) is 1. The van der Waals surface area contributed by atoms with E-state index in [-0.39, 0.29) is 5.91 Å². The summed E-state index contributed by atoms with van der Waals surface area (Å²) in [4.78, 5) is 15.3. The normalized spacial score (nSPS) is 23.8. The minimum atomic E-state index is -0.421. The van der Waals surface area contributed by atoms with E-state index in [0.717, 1.165) is 44.5 Å². The lowest BCUT2D eigenvalue weighted by Crippen LogP contribution is -2.52. The van der Waals surface area contributed by atoms with Crippen LogP contribution in [0.2, 0.25) is 0 Å². The van der Waals surface area contributed by atoms with E-state index in [1.807, 2.05) is 0 Å². The lowest BCUT2D eigenvalue weighted by atomic mass is 9.94. The highest BCUT2D eigenvalue weighted by molar-refractivity contribution is 5.89. The third kappa shape index (κ3) is 4.10. The Bertz CT molecular complexity index is 549. The van der Waals surface area contributed by atoms with Crippen LogP contribution in [-0.2, 0) is 4.79 Å². The van der Waals surface area contributed by atoms with Gasteiger partial charge in [0.2, 0.25) is 5.91 Å². The molecule has 132 valence electrons. The molecule has 2 aliphatic rings. The second kappa shape index (κ2) is 7.56. The first-order valence-electron chi connectivity index (χ1n) is 9.39. The van der Waals surface area contributed by atoms with Crippen LogP contribution in [0.1, 0.15) is 44.1 Å². The lowest BCUT2D eigenvalue weighted by Gasteiger charge is -2.33. The minimum absolute atomic E-state index is 0.189. The number of likely N-dealkylation sites (tertiary alicyclic amines) is 1. The summed E-state index contributed by atoms with van der Waals surface area (Å²) in [5.41, 5.74) is 1.87. The molecule has 3 rings (SSSR count). The Hall–Kier alpha value is -1.55. The fourth-order valence-corrected chi connectivity index (χ4v) is 4.15. The molecule has 4 heteroatoms. The van der Waals surface area contributed by atoms with Crippen LogP contribution >= 0.6 is 0 Å². The minimum Gasteiger partial charge on any atom is -0.371 e. The summed E-state index contributed by atoms with van der Waals surface area (Å²) in [6, 6.07) is 8.36. The Balaban J connectivity index is 1.61. The van der Waals surface area contributed by atoms with Gasteiger partial charge in [-0.15, -0.1) is 0 Å². The van der Waals surface area contributed by atoms with E-state index in [1.165, 1.54) is 24.9 Å². The highest BCUT2D eigenvalue weighted by Crippen LogP contribution is 2.33. The summed E-state index contributed by atoms with van der Waals surface area (Å²) in [6.07, 6.45) is 6.57. The number of rotatable bonds is 5. The van der Waals surface area contributed by atoms with Crippen LogP contribution in [0, 0.1) is 12.8 Å². The van der Waals surface area contributed by atoms with Gasteiger partial charge in [0, 0.05) is 18.8 Å². The molecule has 1 saturated carbocycles. The van der Waals surface area contributed by atoms with Gasteiger partial charge in [0.1, 0.15) is 5.54 Å². The molecule has 1 aliphatic heterocycles. The SMILES string of the molecule is Cc1ccc(NC2(C(=O)NC[C@H]3CCCN(C)C3)CCCC2)cc1. The summed E-state index contributed by atoms with van der Waals surface area (Å²) in [7, 11) is 2.17. The van der Waals surface area contributed by atoms with Crippen molar-refractivity contribution in [3.05, 3.63) is 29.8 Å². The van der Waals surface area contributed by atoms with Crippen molar-refractivity contribution in [3.8, 4) is 0 Å². The number of benzene rings is 1. The highest BCUT2D eigenvalue weighted by atomic mass is 16.2. The number of hydrogen-bond donors (Lipinski definition) is 2. The summed E-state index contributed by atoms with van der Waals surface area (Å²) < 4.78 is 0. The van der Waals surface area contributed by atoms with E-state index in [9.17, 15) is 4.79 Å². The quantitative estimate of drug-likeness (QED) is 0.872. The molecule has 1 aromatic rings. The van der Waals surface area contributed by atoms with Crippen LogP contribution in [0.4, 0.5) is 5.69 Å². The third-order valence-electron chi connectivity index (χ3n) is 5.60. The van der Waals surface area contributed by atoms with Crippen molar-refractivity contribution in [1.29, 1.82) is 0 Å². The van der Waals surface area contributed by atoms with Crippen LogP contribution in [0.15, 0.2) is 24.3 Å². The first kappa shape index (κ1) is 17.3. The first-order valence-corrected chi connectivity index (χ1v) is 9.39. The van der Waals surface area contributed by atoms with Gasteiger partial charge in [0.05, 0.1) is 0 Å². The number of nitrogens with one attached hydrogen (secondary N) is 2. The third-order valence-corrected chi connectivity index (χ3v) is 5.60. The average molecular weight is 329 g/mol. The molecule has 0 aromatic heterocycles. The van der Waals surface area contributed by atoms with Gasteiger partial charge in [-0.05, 0) is 64.3 Å². The maximum absolute atomic E-state index is 13.0. The number of aryl methyl sites for hydroxylation is 1. The molecule has 1 atom stereocenters. The molecule has 1 heterocycles. The molecule has 2 N–H and O–H groups in total. The number of carbonyl (C=O) groups excluding carboxylic acids is 1. The summed E-state index contributed by atoms with van der Waals surface area (Å²) in [5.74, 6) is 0.777. The van der Waals surface area contributed by atoms with Crippen LogP contribution in [0.25, 0.3) is 0 Å². The van der Waals surface area contributed by atoms with Crippen molar-refractivity contribution < 1.29 is 4.79 Å². The largest absolute Gasteiger partial charge is 0.371 e. The van der Waals surface area contributed by atoms with E-state index in [0.29, 0.717) is 5.92 Å². The standard InChI is InChI=1S/C20H31N3O/c1-16-7-9-18(10-8-16)22-20(11-3-4-12-20)19(24)21-14-17-6-5-13-23(2)15-17/h7-10,17,22H,3-6,11-15H2,1-2H3,(H,21,24)/t17-/m1/s1. The maximum Gasteiger partial charge on any atom is 0.245 e. The number of anilines is 1. The van der Waals surface area contributed by atoms with E-state index in [1.54, 1.807) is 0 Å². The van der Waals surface area contributed by atoms with Gasteiger partial charge in [-0.25, -0.2) is 0 Å². The van der Waals surface area contributed by atoms with Crippen LogP contribution in [-0.4, -0.2) is 43.0 Å². The zero-order valence-electron chi connectivity index (χ0n) is 15.1. The van der Waals surface area contributed by atoms with Gasteiger partial charge in [-0.2, -0.15) is 0 Å². The van der Waals surface area contributed by atoms with Crippen LogP contribution in [0.5, 0.6) is 0 Å². The molecule has 1 amide bonds. The maximum atomic E-state index is 13.0. The van der Waals surface area contributed by atoms with Gasteiger partial charge >= 0.3 is 0 Å². The summed E-state index contributed by atoms with van der Waals surface area (Å²) in [6.45, 7) is 5.17. The predicted molar refractivity (Wildman–Crippen MR) is 99.2 cm³/mol. The molecule has 1 aromatic carbocycles. The molecular formula is C20H31N3O. The number of carbonyl (C=O) groups is 1. The first-order chi connectivity index (χ1) is 11.6.